The van der Waals surface area contributed by atoms with Gasteiger partial charge in [0, 0.05) is 39.3 Å². The molecular weight excluding hydrogens is 443 g/mol. The molecule has 2 aliphatic rings. The molecule has 0 unspecified atom stereocenters. The number of halogens is 1. The fourth-order valence-electron chi connectivity index (χ4n) is 3.76. The molecule has 1 saturated carbocycles. The van der Waals surface area contributed by atoms with Crippen LogP contribution >= 0.6 is 24.0 Å². The van der Waals surface area contributed by atoms with Gasteiger partial charge in [-0.05, 0) is 37.3 Å². The first kappa shape index (κ1) is 21.1. The maximum Gasteiger partial charge on any atom is 0.289 e. The molecule has 0 bridgehead atoms. The van der Waals surface area contributed by atoms with E-state index in [9.17, 15) is 4.79 Å². The second-order valence-electron chi connectivity index (χ2n) is 7.44. The summed E-state index contributed by atoms with van der Waals surface area (Å²) < 4.78 is 5.23. The van der Waals surface area contributed by atoms with Gasteiger partial charge in [0.15, 0.2) is 11.7 Å². The second kappa shape index (κ2) is 9.62. The van der Waals surface area contributed by atoms with Crippen molar-refractivity contribution in [3.63, 3.8) is 0 Å². The Kier molecular flexibility index (Phi) is 7.79. The van der Waals surface area contributed by atoms with Crippen molar-refractivity contribution in [2.45, 2.75) is 39.5 Å². The number of piperazine rings is 1. The third-order valence-corrected chi connectivity index (χ3v) is 5.35. The molecule has 1 aliphatic heterocycles. The number of carbonyl (C=O) groups is 1. The minimum Gasteiger partial charge on any atom is -0.459 e. The molecule has 6 nitrogen and oxygen atoms in total. The molecule has 0 atom stereocenters. The molecule has 146 valence electrons. The lowest BCUT2D eigenvalue weighted by molar-refractivity contribution is 0.0657. The van der Waals surface area contributed by atoms with E-state index in [4.69, 9.17) is 9.41 Å². The van der Waals surface area contributed by atoms with E-state index in [0.29, 0.717) is 24.3 Å². The van der Waals surface area contributed by atoms with Gasteiger partial charge in [-0.1, -0.05) is 19.8 Å². The zero-order valence-corrected chi connectivity index (χ0v) is 18.2. The fraction of sp³-hybridized carbons (Fsp3) is 0.684. The predicted molar refractivity (Wildman–Crippen MR) is 114 cm³/mol. The Morgan fingerprint density at radius 1 is 1.23 bits per heavy atom. The van der Waals surface area contributed by atoms with E-state index >= 15 is 0 Å². The SMILES string of the molecule is CCNC(=NCC1(C)CCCC1)N1CCN(C(=O)c2ccco2)CC1.I. The smallest absolute Gasteiger partial charge is 0.289 e. The minimum absolute atomic E-state index is 0. The summed E-state index contributed by atoms with van der Waals surface area (Å²) in [5.74, 6) is 1.38. The zero-order chi connectivity index (χ0) is 17.7. The van der Waals surface area contributed by atoms with Crippen LogP contribution in [0, 0.1) is 5.41 Å². The molecule has 3 rings (SSSR count). The van der Waals surface area contributed by atoms with E-state index in [1.165, 1.54) is 25.7 Å². The third-order valence-electron chi connectivity index (χ3n) is 5.35. The first-order chi connectivity index (χ1) is 12.1. The van der Waals surface area contributed by atoms with Gasteiger partial charge < -0.3 is 19.5 Å². The van der Waals surface area contributed by atoms with Gasteiger partial charge >= 0.3 is 0 Å². The average molecular weight is 474 g/mol. The van der Waals surface area contributed by atoms with E-state index < -0.39 is 0 Å². The standard InChI is InChI=1S/C19H30N4O2.HI/c1-3-20-18(21-15-19(2)8-4-5-9-19)23-12-10-22(11-13-23)17(24)16-7-6-14-25-16;/h6-7,14H,3-5,8-13,15H2,1-2H3,(H,20,21);1H. The summed E-state index contributed by atoms with van der Waals surface area (Å²) in [6.07, 6.45) is 6.76. The average Bonchev–Trinajstić information content (AvgIpc) is 3.30. The second-order valence-corrected chi connectivity index (χ2v) is 7.44. The maximum absolute atomic E-state index is 12.4. The Hall–Kier alpha value is -1.25. The Morgan fingerprint density at radius 3 is 2.46 bits per heavy atom. The summed E-state index contributed by atoms with van der Waals surface area (Å²) in [5.41, 5.74) is 0.359. The Labute approximate surface area is 173 Å². The van der Waals surface area contributed by atoms with Gasteiger partial charge in [-0.2, -0.15) is 0 Å². The monoisotopic (exact) mass is 474 g/mol. The van der Waals surface area contributed by atoms with Gasteiger partial charge in [0.25, 0.3) is 5.91 Å². The molecule has 1 aromatic heterocycles. The number of guanidine groups is 1. The third kappa shape index (κ3) is 5.14. The Morgan fingerprint density at radius 2 is 1.88 bits per heavy atom. The zero-order valence-electron chi connectivity index (χ0n) is 15.9. The summed E-state index contributed by atoms with van der Waals surface area (Å²) in [4.78, 5) is 21.4. The number of amides is 1. The van der Waals surface area contributed by atoms with E-state index in [-0.39, 0.29) is 29.9 Å². The van der Waals surface area contributed by atoms with Gasteiger partial charge in [0.05, 0.1) is 6.26 Å². The van der Waals surface area contributed by atoms with E-state index in [1.807, 2.05) is 4.90 Å². The van der Waals surface area contributed by atoms with Crippen LogP contribution in [0.4, 0.5) is 0 Å². The molecule has 1 amide bonds. The summed E-state index contributed by atoms with van der Waals surface area (Å²) >= 11 is 0. The van der Waals surface area contributed by atoms with E-state index in [0.717, 1.165) is 32.1 Å². The van der Waals surface area contributed by atoms with E-state index in [1.54, 1.807) is 18.4 Å². The van der Waals surface area contributed by atoms with Crippen molar-refractivity contribution in [3.05, 3.63) is 24.2 Å². The number of rotatable bonds is 4. The summed E-state index contributed by atoms with van der Waals surface area (Å²) in [5, 5.41) is 3.42. The molecule has 1 aliphatic carbocycles. The highest BCUT2D eigenvalue weighted by molar-refractivity contribution is 14.0. The van der Waals surface area contributed by atoms with Crippen LogP contribution in [0.2, 0.25) is 0 Å². The number of hydrogen-bond donors (Lipinski definition) is 1. The van der Waals surface area contributed by atoms with Crippen molar-refractivity contribution in [1.29, 1.82) is 0 Å². The highest BCUT2D eigenvalue weighted by Crippen LogP contribution is 2.37. The van der Waals surface area contributed by atoms with Crippen molar-refractivity contribution in [2.24, 2.45) is 10.4 Å². The van der Waals surface area contributed by atoms with Crippen LogP contribution in [0.5, 0.6) is 0 Å². The number of nitrogens with zero attached hydrogens (tertiary/aromatic N) is 3. The van der Waals surface area contributed by atoms with Crippen molar-refractivity contribution >= 4 is 35.8 Å². The molecule has 26 heavy (non-hydrogen) atoms. The van der Waals surface area contributed by atoms with Crippen molar-refractivity contribution < 1.29 is 9.21 Å². The van der Waals surface area contributed by atoms with Crippen LogP contribution in [0.25, 0.3) is 0 Å². The Bertz CT molecular complexity index is 589. The summed E-state index contributed by atoms with van der Waals surface area (Å²) in [6, 6.07) is 3.48. The largest absolute Gasteiger partial charge is 0.459 e. The maximum atomic E-state index is 12.4. The van der Waals surface area contributed by atoms with Crippen molar-refractivity contribution in [3.8, 4) is 0 Å². The van der Waals surface area contributed by atoms with Gasteiger partial charge in [0.1, 0.15) is 0 Å². The highest BCUT2D eigenvalue weighted by Gasteiger charge is 2.29. The first-order valence-electron chi connectivity index (χ1n) is 9.47. The van der Waals surface area contributed by atoms with Crippen LogP contribution in [-0.2, 0) is 0 Å². The highest BCUT2D eigenvalue weighted by atomic mass is 127. The van der Waals surface area contributed by atoms with Gasteiger partial charge in [0.2, 0.25) is 0 Å². The summed E-state index contributed by atoms with van der Waals surface area (Å²) in [6.45, 7) is 9.20. The molecule has 2 heterocycles. The molecule has 0 radical (unpaired) electrons. The van der Waals surface area contributed by atoms with Crippen LogP contribution in [0.1, 0.15) is 50.1 Å². The van der Waals surface area contributed by atoms with Crippen LogP contribution in [0.3, 0.4) is 0 Å². The first-order valence-corrected chi connectivity index (χ1v) is 9.47. The number of hydrogen-bond acceptors (Lipinski definition) is 3. The van der Waals surface area contributed by atoms with Crippen molar-refractivity contribution in [2.75, 3.05) is 39.3 Å². The predicted octanol–water partition coefficient (Wildman–Crippen LogP) is 3.20. The molecule has 1 N–H and O–H groups in total. The van der Waals surface area contributed by atoms with Crippen molar-refractivity contribution in [1.82, 2.24) is 15.1 Å². The number of aliphatic imine (C=N–C) groups is 1. The van der Waals surface area contributed by atoms with Gasteiger partial charge in [-0.15, -0.1) is 24.0 Å². The van der Waals surface area contributed by atoms with Crippen LogP contribution in [-0.4, -0.2) is 60.9 Å². The number of furan rings is 1. The molecule has 0 aromatic carbocycles. The molecule has 0 spiro atoms. The number of carbonyl (C=O) groups excluding carboxylic acids is 1. The van der Waals surface area contributed by atoms with E-state index in [2.05, 4.69) is 24.1 Å². The lowest BCUT2D eigenvalue weighted by Crippen LogP contribution is -2.54. The topological polar surface area (TPSA) is 61.1 Å². The molecule has 7 heteroatoms. The number of nitrogens with one attached hydrogen (secondary N) is 1. The normalized spacial score (nSPS) is 20.0. The summed E-state index contributed by atoms with van der Waals surface area (Å²) in [7, 11) is 0. The van der Waals surface area contributed by atoms with Gasteiger partial charge in [-0.3, -0.25) is 9.79 Å². The minimum atomic E-state index is -0.0231. The molecule has 1 aromatic rings. The molecule has 1 saturated heterocycles. The Balaban J connectivity index is 0.00000243. The molecule has 2 fully saturated rings. The lowest BCUT2D eigenvalue weighted by Gasteiger charge is -2.36. The molecular formula is C19H31IN4O2. The fourth-order valence-corrected chi connectivity index (χ4v) is 3.76. The van der Waals surface area contributed by atoms with Crippen LogP contribution in [0.15, 0.2) is 27.8 Å². The quantitative estimate of drug-likeness (QED) is 0.414. The lowest BCUT2D eigenvalue weighted by atomic mass is 9.89. The van der Waals surface area contributed by atoms with Crippen LogP contribution < -0.4 is 5.32 Å². The van der Waals surface area contributed by atoms with Gasteiger partial charge in [-0.25, -0.2) is 0 Å².